The molecule has 0 aliphatic rings. The van der Waals surface area contributed by atoms with Crippen LogP contribution in [0.15, 0.2) is 12.8 Å². The third-order valence-electron chi connectivity index (χ3n) is 0. The summed E-state index contributed by atoms with van der Waals surface area (Å²) in [6.45, 7) is 2.92. The van der Waals surface area contributed by atoms with Crippen molar-refractivity contribution in [2.45, 2.75) is 0 Å². The molecule has 0 amide bonds. The van der Waals surface area contributed by atoms with Gasteiger partial charge in [0.25, 0.3) is 0 Å². The Kier molecular flexibility index (Phi) is 21.2. The molecule has 0 fully saturated rings. The van der Waals surface area contributed by atoms with Crippen molar-refractivity contribution in [3.8, 4) is 0 Å². The monoisotopic (exact) mass is 68.0 g/mol. The summed E-state index contributed by atoms with van der Waals surface area (Å²) in [6.07, 6.45) is 0.750. The van der Waals surface area contributed by atoms with E-state index in [4.69, 9.17) is 5.11 Å². The first kappa shape index (κ1) is 8.82. The smallest absolute Gasteiger partial charge is 1.00 e. The van der Waals surface area contributed by atoms with Gasteiger partial charge in [-0.25, -0.2) is 0 Å². The molecule has 1 nitrogen and oxygen atoms in total. The maximum absolute atomic E-state index is 7.33. The van der Waals surface area contributed by atoms with Crippen LogP contribution in [0.4, 0.5) is 0 Å². The van der Waals surface area contributed by atoms with Gasteiger partial charge in [-0.15, -0.1) is 0 Å². The molecule has 0 bridgehead atoms. The molecule has 0 unspecified atom stereocenters. The zero-order valence-corrected chi connectivity index (χ0v) is 4.73. The van der Waals surface area contributed by atoms with E-state index in [1.165, 1.54) is 0 Å². The van der Waals surface area contributed by atoms with Crippen LogP contribution in [0.1, 0.15) is 1.43 Å². The van der Waals surface area contributed by atoms with Crippen LogP contribution in [-0.4, -0.2) is 5.11 Å². The Morgan fingerprint density at radius 1 is 2.00 bits per heavy atom. The van der Waals surface area contributed by atoms with Crippen molar-refractivity contribution in [1.29, 1.82) is 0 Å². The Hall–Kier alpha value is 0.540. The van der Waals surface area contributed by atoms with Gasteiger partial charge in [0, 0.05) is 0 Å². The Bertz CT molecular complexity index is 17.1. The van der Waals surface area contributed by atoms with Gasteiger partial charge in [0.15, 0.2) is 0 Å². The van der Waals surface area contributed by atoms with E-state index in [1.54, 1.807) is 0 Å². The largest absolute Gasteiger partial charge is 1.00 e. The van der Waals surface area contributed by atoms with Crippen molar-refractivity contribution < 1.29 is 36.1 Å². The minimum Gasteiger partial charge on any atom is -1.00 e. The molecular formula is C2H5NaO. The first-order valence-corrected chi connectivity index (χ1v) is 0.666. The molecule has 0 aromatic heterocycles. The normalized spacial score (nSPS) is 3.00. The molecule has 0 aromatic carbocycles. The fourth-order valence-corrected chi connectivity index (χ4v) is 0. The number of aliphatic hydroxyl groups excluding tert-OH is 1. The second-order valence-electron chi connectivity index (χ2n) is 0.183. The first-order valence-electron chi connectivity index (χ1n) is 0.666. The van der Waals surface area contributed by atoms with Gasteiger partial charge in [-0.2, -0.15) is 0 Å². The molecule has 0 saturated heterocycles. The van der Waals surface area contributed by atoms with Crippen molar-refractivity contribution in [1.82, 2.24) is 0 Å². The zero-order valence-electron chi connectivity index (χ0n) is 3.73. The average Bonchev–Trinajstić information content (AvgIpc) is 0.918. The average molecular weight is 68.1 g/mol. The predicted molar refractivity (Wildman–Crippen MR) is 13.9 cm³/mol. The SMILES string of the molecule is C=CO.[H-].[Na+]. The van der Waals surface area contributed by atoms with E-state index in [-0.39, 0.29) is 31.0 Å². The fourth-order valence-electron chi connectivity index (χ4n) is 0. The Morgan fingerprint density at radius 2 is 2.00 bits per heavy atom. The summed E-state index contributed by atoms with van der Waals surface area (Å²) in [5.41, 5.74) is 0. The Morgan fingerprint density at radius 3 is 2.00 bits per heavy atom. The van der Waals surface area contributed by atoms with Crippen molar-refractivity contribution in [3.63, 3.8) is 0 Å². The quantitative estimate of drug-likeness (QED) is 0.252. The zero-order chi connectivity index (χ0) is 2.71. The Labute approximate surface area is 49.1 Å². The van der Waals surface area contributed by atoms with E-state index in [0.29, 0.717) is 0 Å². The summed E-state index contributed by atoms with van der Waals surface area (Å²) in [5, 5.41) is 7.33. The Balaban J connectivity index is -0.0000000200. The molecule has 0 heterocycles. The molecule has 0 saturated carbocycles. The van der Waals surface area contributed by atoms with E-state index in [0.717, 1.165) is 6.26 Å². The van der Waals surface area contributed by atoms with Gasteiger partial charge >= 0.3 is 29.6 Å². The van der Waals surface area contributed by atoms with Crippen LogP contribution in [0, 0.1) is 0 Å². The third kappa shape index (κ3) is 20.7. The molecule has 0 rings (SSSR count). The van der Waals surface area contributed by atoms with Crippen LogP contribution in [0.25, 0.3) is 0 Å². The predicted octanol–water partition coefficient (Wildman–Crippen LogP) is -2.20. The van der Waals surface area contributed by atoms with Crippen molar-refractivity contribution in [3.05, 3.63) is 12.8 Å². The summed E-state index contributed by atoms with van der Waals surface area (Å²) < 4.78 is 0. The van der Waals surface area contributed by atoms with E-state index in [2.05, 4.69) is 6.58 Å². The molecule has 0 atom stereocenters. The van der Waals surface area contributed by atoms with Gasteiger partial charge in [-0.1, -0.05) is 6.58 Å². The van der Waals surface area contributed by atoms with Gasteiger partial charge in [-0.05, 0) is 0 Å². The molecular weight excluding hydrogens is 63.0 g/mol. The number of rotatable bonds is 0. The third-order valence-corrected chi connectivity index (χ3v) is 0. The van der Waals surface area contributed by atoms with E-state index in [1.807, 2.05) is 0 Å². The first-order chi connectivity index (χ1) is 1.41. The van der Waals surface area contributed by atoms with Crippen molar-refractivity contribution >= 4 is 0 Å². The molecule has 0 aromatic rings. The molecule has 2 heteroatoms. The maximum atomic E-state index is 7.33. The molecule has 0 radical (unpaired) electrons. The van der Waals surface area contributed by atoms with E-state index in [9.17, 15) is 0 Å². The van der Waals surface area contributed by atoms with Crippen LogP contribution < -0.4 is 29.6 Å². The fraction of sp³-hybridized carbons (Fsp3) is 0. The molecule has 0 aliphatic heterocycles. The summed E-state index contributed by atoms with van der Waals surface area (Å²) in [6, 6.07) is 0. The minimum atomic E-state index is 0. The molecule has 1 N–H and O–H groups in total. The molecule has 0 aliphatic carbocycles. The summed E-state index contributed by atoms with van der Waals surface area (Å²) >= 11 is 0. The second kappa shape index (κ2) is 9.63. The van der Waals surface area contributed by atoms with Crippen LogP contribution in [0.5, 0.6) is 0 Å². The van der Waals surface area contributed by atoms with Gasteiger partial charge in [0.2, 0.25) is 0 Å². The number of aliphatic hydroxyl groups is 1. The number of hydrogen-bond acceptors (Lipinski definition) is 1. The topological polar surface area (TPSA) is 20.2 Å². The van der Waals surface area contributed by atoms with Crippen LogP contribution >= 0.6 is 0 Å². The van der Waals surface area contributed by atoms with Gasteiger partial charge in [0.1, 0.15) is 0 Å². The molecule has 20 valence electrons. The van der Waals surface area contributed by atoms with Crippen LogP contribution in [0.2, 0.25) is 0 Å². The van der Waals surface area contributed by atoms with Gasteiger partial charge in [0.05, 0.1) is 6.26 Å². The summed E-state index contributed by atoms with van der Waals surface area (Å²) in [5.74, 6) is 0. The standard InChI is InChI=1S/C2H4O.Na.H/c1-2-3;;/h2-3H,1H2;;/q;+1;-1. The molecule has 4 heavy (non-hydrogen) atoms. The van der Waals surface area contributed by atoms with E-state index >= 15 is 0 Å². The molecule has 0 spiro atoms. The van der Waals surface area contributed by atoms with Crippen molar-refractivity contribution in [2.24, 2.45) is 0 Å². The maximum Gasteiger partial charge on any atom is 1.00 e. The second-order valence-corrected chi connectivity index (χ2v) is 0.183. The van der Waals surface area contributed by atoms with Gasteiger partial charge < -0.3 is 6.53 Å². The minimum absolute atomic E-state index is 0. The van der Waals surface area contributed by atoms with Gasteiger partial charge in [-0.3, -0.25) is 0 Å². The number of hydrogen-bond donors (Lipinski definition) is 1. The summed E-state index contributed by atoms with van der Waals surface area (Å²) in [4.78, 5) is 0. The van der Waals surface area contributed by atoms with E-state index < -0.39 is 0 Å². The van der Waals surface area contributed by atoms with Crippen molar-refractivity contribution in [2.75, 3.05) is 0 Å². The summed E-state index contributed by atoms with van der Waals surface area (Å²) in [7, 11) is 0. The van der Waals surface area contributed by atoms with Crippen LogP contribution in [0.3, 0.4) is 0 Å². The van der Waals surface area contributed by atoms with Crippen LogP contribution in [-0.2, 0) is 0 Å².